The highest BCUT2D eigenvalue weighted by atomic mass is 35.5. The van der Waals surface area contributed by atoms with E-state index in [0.29, 0.717) is 17.9 Å². The maximum Gasteiger partial charge on any atom is 0.224 e. The third-order valence-corrected chi connectivity index (χ3v) is 5.77. The summed E-state index contributed by atoms with van der Waals surface area (Å²) in [5, 5.41) is 3.26. The van der Waals surface area contributed by atoms with Crippen molar-refractivity contribution in [3.63, 3.8) is 0 Å². The van der Waals surface area contributed by atoms with Gasteiger partial charge in [-0.1, -0.05) is 30.2 Å². The van der Waals surface area contributed by atoms with Crippen LogP contribution in [0.4, 0.5) is 0 Å². The molecule has 1 aromatic carbocycles. The standard InChI is InChI=1S/C15H20ClNO3S/c1-21(19,20)14-4-2-3-13(10-14)17-15(18)9-11-5-7-12(16)8-6-11/h5-8,13-14H,2-4,9-10H2,1H3,(H,17,18)/t13-,14-/m1/s1. The van der Waals surface area contributed by atoms with Gasteiger partial charge in [-0.25, -0.2) is 8.42 Å². The van der Waals surface area contributed by atoms with Gasteiger partial charge in [-0.3, -0.25) is 4.79 Å². The van der Waals surface area contributed by atoms with Gasteiger partial charge in [0.15, 0.2) is 0 Å². The van der Waals surface area contributed by atoms with Crippen molar-refractivity contribution < 1.29 is 13.2 Å². The Morgan fingerprint density at radius 2 is 1.95 bits per heavy atom. The van der Waals surface area contributed by atoms with Gasteiger partial charge in [0, 0.05) is 17.3 Å². The third-order valence-electron chi connectivity index (χ3n) is 3.87. The molecule has 0 aromatic heterocycles. The maximum absolute atomic E-state index is 12.0. The highest BCUT2D eigenvalue weighted by molar-refractivity contribution is 7.91. The summed E-state index contributed by atoms with van der Waals surface area (Å²) in [5.74, 6) is -0.0727. The fraction of sp³-hybridized carbons (Fsp3) is 0.533. The zero-order valence-electron chi connectivity index (χ0n) is 12.0. The Hall–Kier alpha value is -1.07. The predicted octanol–water partition coefficient (Wildman–Crippen LogP) is 2.35. The molecule has 0 heterocycles. The Balaban J connectivity index is 1.89. The normalized spacial score (nSPS) is 22.8. The third kappa shape index (κ3) is 5.00. The topological polar surface area (TPSA) is 63.2 Å². The number of hydrogen-bond donors (Lipinski definition) is 1. The summed E-state index contributed by atoms with van der Waals surface area (Å²) in [5.41, 5.74) is 0.896. The highest BCUT2D eigenvalue weighted by Crippen LogP contribution is 2.24. The first kappa shape index (κ1) is 16.3. The number of carbonyl (C=O) groups is 1. The van der Waals surface area contributed by atoms with Crippen LogP contribution in [0.1, 0.15) is 31.2 Å². The maximum atomic E-state index is 12.0. The van der Waals surface area contributed by atoms with Crippen LogP contribution in [0.2, 0.25) is 5.02 Å². The minimum atomic E-state index is -3.02. The van der Waals surface area contributed by atoms with Crippen molar-refractivity contribution in [2.45, 2.75) is 43.4 Å². The van der Waals surface area contributed by atoms with Gasteiger partial charge in [0.05, 0.1) is 11.7 Å². The smallest absolute Gasteiger partial charge is 0.224 e. The van der Waals surface area contributed by atoms with Crippen LogP contribution in [-0.4, -0.2) is 31.9 Å². The van der Waals surface area contributed by atoms with Gasteiger partial charge >= 0.3 is 0 Å². The van der Waals surface area contributed by atoms with Crippen molar-refractivity contribution in [2.75, 3.05) is 6.26 Å². The van der Waals surface area contributed by atoms with Crippen molar-refractivity contribution in [3.8, 4) is 0 Å². The highest BCUT2D eigenvalue weighted by Gasteiger charge is 2.29. The summed E-state index contributed by atoms with van der Waals surface area (Å²) >= 11 is 5.81. The van der Waals surface area contributed by atoms with E-state index in [-0.39, 0.29) is 23.6 Å². The summed E-state index contributed by atoms with van der Waals surface area (Å²) in [6.07, 6.45) is 4.46. The molecular weight excluding hydrogens is 310 g/mol. The molecular formula is C15H20ClNO3S. The largest absolute Gasteiger partial charge is 0.353 e. The monoisotopic (exact) mass is 329 g/mol. The second-order valence-electron chi connectivity index (χ2n) is 5.69. The number of benzene rings is 1. The molecule has 0 saturated heterocycles. The number of hydrogen-bond acceptors (Lipinski definition) is 3. The lowest BCUT2D eigenvalue weighted by Crippen LogP contribution is -2.42. The summed E-state index contributed by atoms with van der Waals surface area (Å²) < 4.78 is 23.2. The predicted molar refractivity (Wildman–Crippen MR) is 84.2 cm³/mol. The fourth-order valence-electron chi connectivity index (χ4n) is 2.73. The van der Waals surface area contributed by atoms with Crippen molar-refractivity contribution in [2.24, 2.45) is 0 Å². The van der Waals surface area contributed by atoms with E-state index in [0.717, 1.165) is 18.4 Å². The second kappa shape index (κ2) is 6.79. The van der Waals surface area contributed by atoms with Gasteiger partial charge in [0.2, 0.25) is 5.91 Å². The molecule has 21 heavy (non-hydrogen) atoms. The Kier molecular flexibility index (Phi) is 5.27. The van der Waals surface area contributed by atoms with Gasteiger partial charge in [-0.05, 0) is 37.0 Å². The van der Waals surface area contributed by atoms with Crippen LogP contribution in [-0.2, 0) is 21.1 Å². The van der Waals surface area contributed by atoms with Gasteiger partial charge in [-0.2, -0.15) is 0 Å². The Morgan fingerprint density at radius 1 is 1.29 bits per heavy atom. The zero-order chi connectivity index (χ0) is 15.5. The zero-order valence-corrected chi connectivity index (χ0v) is 13.6. The Morgan fingerprint density at radius 3 is 2.57 bits per heavy atom. The minimum Gasteiger partial charge on any atom is -0.353 e. The molecule has 1 N–H and O–H groups in total. The first-order chi connectivity index (χ1) is 9.84. The molecule has 2 atom stereocenters. The molecule has 4 nitrogen and oxygen atoms in total. The molecule has 1 aliphatic carbocycles. The van der Waals surface area contributed by atoms with E-state index in [1.807, 2.05) is 12.1 Å². The van der Waals surface area contributed by atoms with Crippen molar-refractivity contribution >= 4 is 27.3 Å². The molecule has 0 bridgehead atoms. The molecule has 1 amide bonds. The molecule has 1 aromatic rings. The van der Waals surface area contributed by atoms with Gasteiger partial charge in [0.25, 0.3) is 0 Å². The Labute approximate surface area is 130 Å². The van der Waals surface area contributed by atoms with Crippen molar-refractivity contribution in [1.29, 1.82) is 0 Å². The molecule has 0 aliphatic heterocycles. The quantitative estimate of drug-likeness (QED) is 0.922. The number of amides is 1. The van der Waals surface area contributed by atoms with Gasteiger partial charge < -0.3 is 5.32 Å². The van der Waals surface area contributed by atoms with Crippen LogP contribution in [0.5, 0.6) is 0 Å². The molecule has 2 rings (SSSR count). The SMILES string of the molecule is CS(=O)(=O)[C@@H]1CCC[C@@H](NC(=O)Cc2ccc(Cl)cc2)C1. The lowest BCUT2D eigenvalue weighted by molar-refractivity contribution is -0.121. The number of nitrogens with one attached hydrogen (secondary N) is 1. The molecule has 0 radical (unpaired) electrons. The first-order valence-electron chi connectivity index (χ1n) is 7.07. The molecule has 1 saturated carbocycles. The van der Waals surface area contributed by atoms with E-state index in [1.54, 1.807) is 12.1 Å². The van der Waals surface area contributed by atoms with Gasteiger partial charge in [-0.15, -0.1) is 0 Å². The molecule has 1 aliphatic rings. The Bertz CT molecular complexity index is 598. The number of carbonyl (C=O) groups excluding carboxylic acids is 1. The van der Waals surface area contributed by atoms with E-state index in [2.05, 4.69) is 5.32 Å². The lowest BCUT2D eigenvalue weighted by atomic mass is 9.94. The summed E-state index contributed by atoms with van der Waals surface area (Å²) in [7, 11) is -3.02. The first-order valence-corrected chi connectivity index (χ1v) is 9.40. The average molecular weight is 330 g/mol. The van der Waals surface area contributed by atoms with Crippen molar-refractivity contribution in [1.82, 2.24) is 5.32 Å². The molecule has 1 fully saturated rings. The van der Waals surface area contributed by atoms with Crippen LogP contribution < -0.4 is 5.32 Å². The molecule has 0 unspecified atom stereocenters. The van der Waals surface area contributed by atoms with E-state index in [1.165, 1.54) is 6.26 Å². The minimum absolute atomic E-state index is 0.0433. The molecule has 116 valence electrons. The summed E-state index contributed by atoms with van der Waals surface area (Å²) in [4.78, 5) is 12.0. The second-order valence-corrected chi connectivity index (χ2v) is 8.45. The van der Waals surface area contributed by atoms with Crippen LogP contribution in [0.25, 0.3) is 0 Å². The van der Waals surface area contributed by atoms with Gasteiger partial charge in [0.1, 0.15) is 9.84 Å². The van der Waals surface area contributed by atoms with E-state index < -0.39 is 9.84 Å². The van der Waals surface area contributed by atoms with E-state index in [4.69, 9.17) is 11.6 Å². The fourth-order valence-corrected chi connectivity index (χ4v) is 4.03. The van der Waals surface area contributed by atoms with E-state index in [9.17, 15) is 13.2 Å². The number of rotatable bonds is 4. The average Bonchev–Trinajstić information content (AvgIpc) is 2.41. The van der Waals surface area contributed by atoms with Crippen LogP contribution >= 0.6 is 11.6 Å². The van der Waals surface area contributed by atoms with Crippen LogP contribution in [0.3, 0.4) is 0 Å². The molecule has 6 heteroatoms. The summed E-state index contributed by atoms with van der Waals surface area (Å²) in [6, 6.07) is 7.11. The lowest BCUT2D eigenvalue weighted by Gasteiger charge is -2.28. The van der Waals surface area contributed by atoms with Crippen LogP contribution in [0.15, 0.2) is 24.3 Å². The van der Waals surface area contributed by atoms with Crippen molar-refractivity contribution in [3.05, 3.63) is 34.9 Å². The van der Waals surface area contributed by atoms with E-state index >= 15 is 0 Å². The summed E-state index contributed by atoms with van der Waals surface area (Å²) in [6.45, 7) is 0. The molecule has 0 spiro atoms. The number of sulfone groups is 1. The number of halogens is 1. The van der Waals surface area contributed by atoms with Crippen LogP contribution in [0, 0.1) is 0 Å².